The van der Waals surface area contributed by atoms with Crippen molar-refractivity contribution in [3.8, 4) is 0 Å². The average Bonchev–Trinajstić information content (AvgIpc) is 0.918. The molecule has 0 spiro atoms. The Morgan fingerprint density at radius 3 is 1.25 bits per heavy atom. The normalized spacial score (nSPS) is 2.00. The summed E-state index contributed by atoms with van der Waals surface area (Å²) in [6.07, 6.45) is 0. The fourth-order valence-electron chi connectivity index (χ4n) is 0. The van der Waals surface area contributed by atoms with E-state index in [1.807, 2.05) is 0 Å². The first-order valence-electron chi connectivity index (χ1n) is 0.408. The van der Waals surface area contributed by atoms with Crippen LogP contribution in [0.15, 0.2) is 0 Å². The molecule has 24 valence electrons. The molecule has 0 bridgehead atoms. The minimum atomic E-state index is -2.00. The molecule has 0 saturated heterocycles. The molecule has 0 aliphatic carbocycles. The maximum atomic E-state index is 8.50. The second kappa shape index (κ2) is 8.86. The standard InChI is InChI=1S/2O.Ti.Xe. The molecular formula is O2TiXe. The number of hydrogen-bond donors (Lipinski definition) is 0. The zero-order valence-electron chi connectivity index (χ0n) is 1.67. The number of hydrogen-bond acceptors (Lipinski definition) is 2. The molecule has 0 saturated carbocycles. The second-order valence-corrected chi connectivity index (χ2v) is 0.344. The first kappa shape index (κ1) is 9.30. The van der Waals surface area contributed by atoms with Crippen LogP contribution in [0.5, 0.6) is 0 Å². The van der Waals surface area contributed by atoms with E-state index >= 15 is 0 Å². The van der Waals surface area contributed by atoms with Crippen molar-refractivity contribution < 1.29 is 74.6 Å². The average molecular weight is 211 g/mol. The molecule has 0 N–H and O–H groups in total. The molecule has 0 aromatic carbocycles. The molecule has 0 unspecified atom stereocenters. The van der Waals surface area contributed by atoms with Gasteiger partial charge in [0, 0.05) is 48.9 Å². The van der Waals surface area contributed by atoms with Crippen LogP contribution in [-0.4, -0.2) is 0 Å². The molecule has 0 aromatic heterocycles. The zero-order valence-corrected chi connectivity index (χ0v) is 5.25. The SMILES string of the molecule is [O]=[Ti]=[O].[Xe]. The molecule has 0 rings (SSSR count). The van der Waals surface area contributed by atoms with Crippen molar-refractivity contribution >= 4 is 0 Å². The Labute approximate surface area is 73.0 Å². The fraction of sp³-hybridized carbons (Fsp3) is 0. The van der Waals surface area contributed by atoms with E-state index in [9.17, 15) is 0 Å². The van der Waals surface area contributed by atoms with Crippen LogP contribution in [0.4, 0.5) is 0 Å². The fourth-order valence-corrected chi connectivity index (χ4v) is 0. The van der Waals surface area contributed by atoms with Crippen molar-refractivity contribution in [1.29, 1.82) is 0 Å². The minimum absolute atomic E-state index is 0. The Morgan fingerprint density at radius 2 is 1.25 bits per heavy atom. The Morgan fingerprint density at radius 1 is 1.25 bits per heavy atom. The quantitative estimate of drug-likeness (QED) is 0.518. The van der Waals surface area contributed by atoms with Gasteiger partial charge in [-0.2, -0.15) is 0 Å². The molecule has 0 radical (unpaired) electrons. The monoisotopic (exact) mass is 212 g/mol. The summed E-state index contributed by atoms with van der Waals surface area (Å²) in [5.41, 5.74) is 0. The summed E-state index contributed by atoms with van der Waals surface area (Å²) in [5, 5.41) is 0. The van der Waals surface area contributed by atoms with Gasteiger partial charge in [0.2, 0.25) is 0 Å². The maximum absolute atomic E-state index is 8.50. The Hall–Kier alpha value is 1.89. The van der Waals surface area contributed by atoms with Gasteiger partial charge in [0.1, 0.15) is 0 Å². The van der Waals surface area contributed by atoms with Crippen LogP contribution < -0.4 is 0 Å². The largest absolute Gasteiger partial charge is 0 e. The molecule has 4 heavy (non-hydrogen) atoms. The van der Waals surface area contributed by atoms with E-state index in [4.69, 9.17) is 6.65 Å². The van der Waals surface area contributed by atoms with Crippen LogP contribution in [-0.2, 0) is 25.7 Å². The van der Waals surface area contributed by atoms with E-state index in [-0.39, 0.29) is 48.9 Å². The van der Waals surface area contributed by atoms with E-state index in [1.165, 1.54) is 0 Å². The summed E-state index contributed by atoms with van der Waals surface area (Å²) in [6, 6.07) is 0. The third-order valence-corrected chi connectivity index (χ3v) is 0. The summed E-state index contributed by atoms with van der Waals surface area (Å²) in [4.78, 5) is 0. The van der Waals surface area contributed by atoms with Crippen LogP contribution in [0, 0.1) is 48.9 Å². The van der Waals surface area contributed by atoms with Crippen molar-refractivity contribution in [3.05, 3.63) is 0 Å². The molecule has 0 atom stereocenters. The van der Waals surface area contributed by atoms with Gasteiger partial charge in [-0.05, 0) is 0 Å². The van der Waals surface area contributed by atoms with E-state index in [1.54, 1.807) is 0 Å². The van der Waals surface area contributed by atoms with Crippen molar-refractivity contribution in [3.63, 3.8) is 0 Å². The summed E-state index contributed by atoms with van der Waals surface area (Å²) in [7, 11) is 0. The molecule has 0 aromatic rings. The molecular weight excluding hydrogens is 211 g/mol. The summed E-state index contributed by atoms with van der Waals surface area (Å²) < 4.78 is 17.0. The van der Waals surface area contributed by atoms with Gasteiger partial charge in [-0.15, -0.1) is 0 Å². The molecule has 0 fully saturated rings. The Kier molecular flexibility index (Phi) is 20.6. The molecule has 0 heterocycles. The van der Waals surface area contributed by atoms with E-state index < -0.39 is 19.1 Å². The molecule has 0 amide bonds. The Balaban J connectivity index is 0. The van der Waals surface area contributed by atoms with Crippen LogP contribution >= 0.6 is 0 Å². The van der Waals surface area contributed by atoms with Crippen LogP contribution in [0.25, 0.3) is 0 Å². The van der Waals surface area contributed by atoms with Gasteiger partial charge >= 0.3 is 25.7 Å². The van der Waals surface area contributed by atoms with Gasteiger partial charge in [-0.25, -0.2) is 0 Å². The van der Waals surface area contributed by atoms with Crippen LogP contribution in [0.1, 0.15) is 0 Å². The predicted molar refractivity (Wildman–Crippen MR) is 1.37 cm³/mol. The van der Waals surface area contributed by atoms with Crippen molar-refractivity contribution in [2.24, 2.45) is 0 Å². The van der Waals surface area contributed by atoms with E-state index in [0.717, 1.165) is 0 Å². The van der Waals surface area contributed by atoms with E-state index in [0.29, 0.717) is 0 Å². The zero-order chi connectivity index (χ0) is 2.71. The van der Waals surface area contributed by atoms with Crippen molar-refractivity contribution in [2.75, 3.05) is 0 Å². The second-order valence-electron chi connectivity index (χ2n) is 0.0833. The van der Waals surface area contributed by atoms with Gasteiger partial charge in [0.15, 0.2) is 0 Å². The first-order chi connectivity index (χ1) is 1.41. The molecule has 0 aliphatic rings. The van der Waals surface area contributed by atoms with E-state index in [2.05, 4.69) is 0 Å². The third-order valence-electron chi connectivity index (χ3n) is 0. The van der Waals surface area contributed by atoms with Crippen molar-refractivity contribution in [2.45, 2.75) is 0 Å². The first-order valence-corrected chi connectivity index (χ1v) is 1.68. The predicted octanol–water partition coefficient (Wildman–Crippen LogP) is -0.240. The van der Waals surface area contributed by atoms with Gasteiger partial charge in [0.05, 0.1) is 0 Å². The molecule has 4 heteroatoms. The summed E-state index contributed by atoms with van der Waals surface area (Å²) >= 11 is -2.00. The third kappa shape index (κ3) is 9.10. The van der Waals surface area contributed by atoms with Gasteiger partial charge in [-0.3, -0.25) is 0 Å². The molecule has 2 nitrogen and oxygen atoms in total. The van der Waals surface area contributed by atoms with Gasteiger partial charge in [-0.1, -0.05) is 0 Å². The van der Waals surface area contributed by atoms with Gasteiger partial charge < -0.3 is 0 Å². The van der Waals surface area contributed by atoms with Crippen molar-refractivity contribution in [1.82, 2.24) is 0 Å². The summed E-state index contributed by atoms with van der Waals surface area (Å²) in [5.74, 6) is 0. The smallest absolute Gasteiger partial charge is 0 e. The van der Waals surface area contributed by atoms with Crippen LogP contribution in [0.3, 0.4) is 0 Å². The topological polar surface area (TPSA) is 34.1 Å². The van der Waals surface area contributed by atoms with Crippen LogP contribution in [0.2, 0.25) is 0 Å². The maximum Gasteiger partial charge on any atom is 0 e. The van der Waals surface area contributed by atoms with Gasteiger partial charge in [0.25, 0.3) is 0 Å². The Bertz CT molecular complexity index is 27.0. The number of rotatable bonds is 0. The minimum Gasteiger partial charge on any atom is 0 e. The summed E-state index contributed by atoms with van der Waals surface area (Å²) in [6.45, 7) is 0. The molecule has 0 aliphatic heterocycles.